The highest BCUT2D eigenvalue weighted by atomic mass is 16.5. The van der Waals surface area contributed by atoms with Gasteiger partial charge in [-0.1, -0.05) is 45.0 Å². The molecular formula is C15H20O3. The minimum atomic E-state index is -0.784. The highest BCUT2D eigenvalue weighted by molar-refractivity contribution is 6.35. The molecule has 0 saturated heterocycles. The first-order chi connectivity index (χ1) is 8.45. The van der Waals surface area contributed by atoms with Crippen LogP contribution in [-0.4, -0.2) is 18.9 Å². The van der Waals surface area contributed by atoms with Crippen LogP contribution in [0, 0.1) is 5.92 Å². The Balaban J connectivity index is 2.78. The molecule has 0 fully saturated rings. The van der Waals surface area contributed by atoms with Gasteiger partial charge in [0.25, 0.3) is 0 Å². The van der Waals surface area contributed by atoms with E-state index in [1.807, 2.05) is 24.3 Å². The monoisotopic (exact) mass is 248 g/mol. The lowest BCUT2D eigenvalue weighted by Gasteiger charge is -2.11. The van der Waals surface area contributed by atoms with Crippen molar-refractivity contribution < 1.29 is 14.3 Å². The summed E-state index contributed by atoms with van der Waals surface area (Å²) in [5.74, 6) is -1.14. The molecule has 0 radical (unpaired) electrons. The fourth-order valence-electron chi connectivity index (χ4n) is 1.84. The molecule has 1 unspecified atom stereocenters. The Morgan fingerprint density at radius 1 is 1.11 bits per heavy atom. The predicted molar refractivity (Wildman–Crippen MR) is 70.4 cm³/mol. The van der Waals surface area contributed by atoms with Gasteiger partial charge >= 0.3 is 5.97 Å². The molecule has 0 aliphatic carbocycles. The summed E-state index contributed by atoms with van der Waals surface area (Å²) in [7, 11) is 1.22. The van der Waals surface area contributed by atoms with E-state index in [2.05, 4.69) is 18.6 Å². The van der Waals surface area contributed by atoms with E-state index in [1.165, 1.54) is 12.7 Å². The number of carbonyl (C=O) groups is 2. The smallest absolute Gasteiger partial charge is 0.374 e. The van der Waals surface area contributed by atoms with Gasteiger partial charge in [0.1, 0.15) is 0 Å². The number of Topliss-reactive ketones (excluding diaryl/α,β-unsaturated/α-hetero) is 1. The van der Waals surface area contributed by atoms with Crippen molar-refractivity contribution in [2.75, 3.05) is 7.11 Å². The first kappa shape index (κ1) is 14.4. The largest absolute Gasteiger partial charge is 0.463 e. The quantitative estimate of drug-likeness (QED) is 0.594. The van der Waals surface area contributed by atoms with Crippen LogP contribution in [0.2, 0.25) is 0 Å². The molecule has 3 nitrogen and oxygen atoms in total. The number of ether oxygens (including phenoxy) is 1. The summed E-state index contributed by atoms with van der Waals surface area (Å²) in [5, 5.41) is 0. The molecule has 0 amide bonds. The molecule has 0 aliphatic heterocycles. The van der Waals surface area contributed by atoms with Crippen molar-refractivity contribution >= 4 is 11.8 Å². The second-order valence-electron chi connectivity index (χ2n) is 4.92. The number of esters is 1. The third kappa shape index (κ3) is 3.69. The minimum absolute atomic E-state index is 0.453. The molecule has 0 aromatic heterocycles. The molecule has 98 valence electrons. The van der Waals surface area contributed by atoms with Gasteiger partial charge in [0.2, 0.25) is 5.78 Å². The molecule has 1 aromatic carbocycles. The number of ketones is 1. The van der Waals surface area contributed by atoms with Gasteiger partial charge < -0.3 is 4.74 Å². The second-order valence-corrected chi connectivity index (χ2v) is 4.92. The summed E-state index contributed by atoms with van der Waals surface area (Å²) < 4.78 is 4.44. The van der Waals surface area contributed by atoms with Crippen molar-refractivity contribution in [3.8, 4) is 0 Å². The van der Waals surface area contributed by atoms with Crippen molar-refractivity contribution in [1.82, 2.24) is 0 Å². The topological polar surface area (TPSA) is 43.4 Å². The van der Waals surface area contributed by atoms with Gasteiger partial charge in [-0.2, -0.15) is 0 Å². The average Bonchev–Trinajstić information content (AvgIpc) is 2.36. The molecule has 0 aliphatic rings. The Labute approximate surface area is 108 Å². The molecule has 0 saturated carbocycles. The number of benzene rings is 1. The third-order valence-electron chi connectivity index (χ3n) is 2.90. The molecule has 0 bridgehead atoms. The molecule has 0 N–H and O–H groups in total. The van der Waals surface area contributed by atoms with E-state index >= 15 is 0 Å². The molecule has 1 rings (SSSR count). The average molecular weight is 248 g/mol. The number of hydrogen-bond donors (Lipinski definition) is 0. The van der Waals surface area contributed by atoms with E-state index < -0.39 is 17.7 Å². The standard InChI is InChI=1S/C15H20O3/c1-10(2)9-12-5-7-13(8-6-12)11(3)14(16)15(17)18-4/h5-8,10-11H,9H2,1-4H3. The maximum Gasteiger partial charge on any atom is 0.374 e. The minimum Gasteiger partial charge on any atom is -0.463 e. The molecule has 3 heteroatoms. The van der Waals surface area contributed by atoms with Crippen LogP contribution in [0.15, 0.2) is 24.3 Å². The summed E-state index contributed by atoms with van der Waals surface area (Å²) >= 11 is 0. The Morgan fingerprint density at radius 3 is 2.11 bits per heavy atom. The Hall–Kier alpha value is -1.64. The maximum atomic E-state index is 11.7. The fourth-order valence-corrected chi connectivity index (χ4v) is 1.84. The van der Waals surface area contributed by atoms with Gasteiger partial charge in [0, 0.05) is 0 Å². The molecular weight excluding hydrogens is 228 g/mol. The number of carbonyl (C=O) groups excluding carboxylic acids is 2. The zero-order valence-corrected chi connectivity index (χ0v) is 11.4. The Morgan fingerprint density at radius 2 is 1.67 bits per heavy atom. The van der Waals surface area contributed by atoms with E-state index in [0.29, 0.717) is 5.92 Å². The van der Waals surface area contributed by atoms with Crippen molar-refractivity contribution in [3.63, 3.8) is 0 Å². The van der Waals surface area contributed by atoms with Crippen LogP contribution in [0.5, 0.6) is 0 Å². The lowest BCUT2D eigenvalue weighted by molar-refractivity contribution is -0.152. The summed E-state index contributed by atoms with van der Waals surface area (Å²) in [4.78, 5) is 22.8. The lowest BCUT2D eigenvalue weighted by atomic mass is 9.94. The van der Waals surface area contributed by atoms with Crippen LogP contribution in [0.1, 0.15) is 37.8 Å². The van der Waals surface area contributed by atoms with E-state index in [4.69, 9.17) is 0 Å². The number of methoxy groups -OCH3 is 1. The van der Waals surface area contributed by atoms with Crippen LogP contribution in [0.3, 0.4) is 0 Å². The summed E-state index contributed by atoms with van der Waals surface area (Å²) in [6.45, 7) is 6.05. The van der Waals surface area contributed by atoms with E-state index in [0.717, 1.165) is 12.0 Å². The van der Waals surface area contributed by atoms with Crippen LogP contribution in [-0.2, 0) is 20.7 Å². The van der Waals surface area contributed by atoms with Crippen molar-refractivity contribution in [1.29, 1.82) is 0 Å². The van der Waals surface area contributed by atoms with Crippen LogP contribution >= 0.6 is 0 Å². The molecule has 0 heterocycles. The van der Waals surface area contributed by atoms with E-state index in [1.54, 1.807) is 6.92 Å². The fraction of sp³-hybridized carbons (Fsp3) is 0.467. The second kappa shape index (κ2) is 6.34. The predicted octanol–water partition coefficient (Wildman–Crippen LogP) is 2.73. The SMILES string of the molecule is COC(=O)C(=O)C(C)c1ccc(CC(C)C)cc1. The third-order valence-corrected chi connectivity index (χ3v) is 2.90. The van der Waals surface area contributed by atoms with Crippen LogP contribution in [0.4, 0.5) is 0 Å². The highest BCUT2D eigenvalue weighted by Gasteiger charge is 2.23. The lowest BCUT2D eigenvalue weighted by Crippen LogP contribution is -2.21. The first-order valence-corrected chi connectivity index (χ1v) is 6.16. The summed E-state index contributed by atoms with van der Waals surface area (Å²) in [5.41, 5.74) is 2.09. The molecule has 1 aromatic rings. The van der Waals surface area contributed by atoms with Crippen LogP contribution in [0.25, 0.3) is 0 Å². The van der Waals surface area contributed by atoms with Gasteiger partial charge in [-0.25, -0.2) is 4.79 Å². The van der Waals surface area contributed by atoms with E-state index in [9.17, 15) is 9.59 Å². The normalized spacial score (nSPS) is 12.3. The Kier molecular flexibility index (Phi) is 5.08. The van der Waals surface area contributed by atoms with Gasteiger partial charge in [0.15, 0.2) is 0 Å². The first-order valence-electron chi connectivity index (χ1n) is 6.16. The molecule has 18 heavy (non-hydrogen) atoms. The zero-order chi connectivity index (χ0) is 13.7. The Bertz CT molecular complexity index is 418. The van der Waals surface area contributed by atoms with Crippen LogP contribution < -0.4 is 0 Å². The van der Waals surface area contributed by atoms with Gasteiger partial charge in [-0.05, 0) is 23.5 Å². The summed E-state index contributed by atoms with van der Waals surface area (Å²) in [6.07, 6.45) is 1.01. The highest BCUT2D eigenvalue weighted by Crippen LogP contribution is 2.18. The molecule has 1 atom stereocenters. The zero-order valence-electron chi connectivity index (χ0n) is 11.4. The van der Waals surface area contributed by atoms with E-state index in [-0.39, 0.29) is 0 Å². The van der Waals surface area contributed by atoms with Gasteiger partial charge in [0.05, 0.1) is 13.0 Å². The van der Waals surface area contributed by atoms with Gasteiger partial charge in [-0.3, -0.25) is 4.79 Å². The van der Waals surface area contributed by atoms with Crippen molar-refractivity contribution in [3.05, 3.63) is 35.4 Å². The van der Waals surface area contributed by atoms with Gasteiger partial charge in [-0.15, -0.1) is 0 Å². The summed E-state index contributed by atoms with van der Waals surface area (Å²) in [6, 6.07) is 7.83. The van der Waals surface area contributed by atoms with Crippen molar-refractivity contribution in [2.24, 2.45) is 5.92 Å². The molecule has 0 spiro atoms. The maximum absolute atomic E-state index is 11.7. The number of rotatable bonds is 5. The van der Waals surface area contributed by atoms with Crippen molar-refractivity contribution in [2.45, 2.75) is 33.1 Å². The number of hydrogen-bond acceptors (Lipinski definition) is 3.